The third kappa shape index (κ3) is 2.16. The van der Waals surface area contributed by atoms with E-state index in [2.05, 4.69) is 15.4 Å². The maximum Gasteiger partial charge on any atom is 0.374 e. The molecule has 100 valence electrons. The molecular weight excluding hydrogens is 260 g/mol. The standard InChI is InChI=1S/C13H10N4O3/c1-8-7-14-17(15-8)10-4-2-3-9(5-10)11-6-12(13(18)19)20-16-11/h2-7H,1H3,(H,18,19). The molecule has 1 N–H and O–H groups in total. The summed E-state index contributed by atoms with van der Waals surface area (Å²) in [6.07, 6.45) is 1.66. The Hall–Kier alpha value is -2.96. The minimum Gasteiger partial charge on any atom is -0.475 e. The van der Waals surface area contributed by atoms with Gasteiger partial charge >= 0.3 is 5.97 Å². The summed E-state index contributed by atoms with van der Waals surface area (Å²) in [5, 5.41) is 20.9. The minimum absolute atomic E-state index is 0.196. The second kappa shape index (κ2) is 4.61. The van der Waals surface area contributed by atoms with Crippen molar-refractivity contribution in [3.05, 3.63) is 48.0 Å². The third-order valence-electron chi connectivity index (χ3n) is 2.70. The molecule has 0 atom stereocenters. The number of carbonyl (C=O) groups is 1. The van der Waals surface area contributed by atoms with E-state index in [1.165, 1.54) is 10.9 Å². The Morgan fingerprint density at radius 3 is 2.85 bits per heavy atom. The SMILES string of the molecule is Cc1cnn(-c2cccc(-c3cc(C(=O)O)on3)c2)n1. The fourth-order valence-electron chi connectivity index (χ4n) is 1.77. The van der Waals surface area contributed by atoms with Gasteiger partial charge in [0.25, 0.3) is 0 Å². The summed E-state index contributed by atoms with van der Waals surface area (Å²) in [6.45, 7) is 1.85. The first-order valence-corrected chi connectivity index (χ1v) is 5.83. The van der Waals surface area contributed by atoms with Crippen LogP contribution >= 0.6 is 0 Å². The van der Waals surface area contributed by atoms with Crippen LogP contribution in [0.15, 0.2) is 41.1 Å². The molecule has 0 amide bonds. The number of nitrogens with zero attached hydrogens (tertiary/aromatic N) is 4. The number of carboxylic acids is 1. The quantitative estimate of drug-likeness (QED) is 0.781. The van der Waals surface area contributed by atoms with Crippen molar-refractivity contribution in [3.63, 3.8) is 0 Å². The molecule has 0 aliphatic heterocycles. The summed E-state index contributed by atoms with van der Waals surface area (Å²) < 4.78 is 4.74. The first-order valence-electron chi connectivity index (χ1n) is 5.83. The average Bonchev–Trinajstić information content (AvgIpc) is 3.07. The fraction of sp³-hybridized carbons (Fsp3) is 0.0769. The van der Waals surface area contributed by atoms with Crippen molar-refractivity contribution in [2.24, 2.45) is 0 Å². The molecule has 20 heavy (non-hydrogen) atoms. The lowest BCUT2D eigenvalue weighted by molar-refractivity contribution is 0.0652. The average molecular weight is 270 g/mol. The van der Waals surface area contributed by atoms with E-state index in [0.29, 0.717) is 5.69 Å². The van der Waals surface area contributed by atoms with Crippen LogP contribution in [-0.2, 0) is 0 Å². The number of aromatic carboxylic acids is 1. The van der Waals surface area contributed by atoms with E-state index in [0.717, 1.165) is 16.9 Å². The summed E-state index contributed by atoms with van der Waals surface area (Å²) in [5.74, 6) is -1.34. The molecule has 7 heteroatoms. The zero-order chi connectivity index (χ0) is 14.1. The molecule has 0 aliphatic carbocycles. The molecule has 0 aliphatic rings. The Kier molecular flexibility index (Phi) is 2.79. The number of benzene rings is 1. The normalized spacial score (nSPS) is 10.7. The first-order chi connectivity index (χ1) is 9.63. The largest absolute Gasteiger partial charge is 0.475 e. The first kappa shape index (κ1) is 12.1. The monoisotopic (exact) mass is 270 g/mol. The fourth-order valence-corrected chi connectivity index (χ4v) is 1.77. The predicted molar refractivity (Wildman–Crippen MR) is 68.6 cm³/mol. The zero-order valence-corrected chi connectivity index (χ0v) is 10.5. The molecule has 1 aromatic carbocycles. The lowest BCUT2D eigenvalue weighted by atomic mass is 10.1. The molecule has 3 aromatic rings. The third-order valence-corrected chi connectivity index (χ3v) is 2.70. The smallest absolute Gasteiger partial charge is 0.374 e. The highest BCUT2D eigenvalue weighted by atomic mass is 16.5. The molecule has 2 aromatic heterocycles. The lowest BCUT2D eigenvalue weighted by Gasteiger charge is -2.01. The van der Waals surface area contributed by atoms with Crippen molar-refractivity contribution >= 4 is 5.97 Å². The second-order valence-electron chi connectivity index (χ2n) is 4.21. The van der Waals surface area contributed by atoms with Crippen molar-refractivity contribution in [1.82, 2.24) is 20.2 Å². The lowest BCUT2D eigenvalue weighted by Crippen LogP contribution is -1.98. The van der Waals surface area contributed by atoms with Gasteiger partial charge in [0.05, 0.1) is 17.6 Å². The number of aromatic nitrogens is 4. The summed E-state index contributed by atoms with van der Waals surface area (Å²) in [7, 11) is 0. The van der Waals surface area contributed by atoms with Crippen molar-refractivity contribution in [2.45, 2.75) is 6.92 Å². The summed E-state index contributed by atoms with van der Waals surface area (Å²) >= 11 is 0. The van der Waals surface area contributed by atoms with Crippen LogP contribution in [0.5, 0.6) is 0 Å². The maximum absolute atomic E-state index is 10.8. The van der Waals surface area contributed by atoms with Crippen molar-refractivity contribution in [1.29, 1.82) is 0 Å². The second-order valence-corrected chi connectivity index (χ2v) is 4.21. The number of rotatable bonds is 3. The van der Waals surface area contributed by atoms with Gasteiger partial charge in [0.1, 0.15) is 5.69 Å². The molecule has 0 saturated heterocycles. The number of hydrogen-bond acceptors (Lipinski definition) is 5. The van der Waals surface area contributed by atoms with Crippen LogP contribution in [0.2, 0.25) is 0 Å². The Labute approximate surface area is 113 Å². The molecule has 0 radical (unpaired) electrons. The highest BCUT2D eigenvalue weighted by molar-refractivity contribution is 5.85. The van der Waals surface area contributed by atoms with Gasteiger partial charge in [-0.3, -0.25) is 0 Å². The van der Waals surface area contributed by atoms with E-state index in [4.69, 9.17) is 9.63 Å². The van der Waals surface area contributed by atoms with E-state index in [-0.39, 0.29) is 5.76 Å². The topological polar surface area (TPSA) is 94.0 Å². The van der Waals surface area contributed by atoms with E-state index < -0.39 is 5.97 Å². The molecule has 7 nitrogen and oxygen atoms in total. The molecule has 0 fully saturated rings. The van der Waals surface area contributed by atoms with E-state index in [1.807, 2.05) is 31.2 Å². The van der Waals surface area contributed by atoms with Crippen molar-refractivity contribution in [3.8, 4) is 16.9 Å². The minimum atomic E-state index is -1.15. The zero-order valence-electron chi connectivity index (χ0n) is 10.5. The summed E-state index contributed by atoms with van der Waals surface area (Å²) in [4.78, 5) is 12.3. The van der Waals surface area contributed by atoms with Gasteiger partial charge in [-0.1, -0.05) is 17.3 Å². The number of aryl methyl sites for hydroxylation is 1. The van der Waals surface area contributed by atoms with Gasteiger partial charge in [-0.2, -0.15) is 15.0 Å². The highest BCUT2D eigenvalue weighted by Crippen LogP contribution is 2.21. The number of hydrogen-bond donors (Lipinski definition) is 1. The van der Waals surface area contributed by atoms with Gasteiger partial charge in [-0.25, -0.2) is 4.79 Å². The molecule has 0 bridgehead atoms. The van der Waals surface area contributed by atoms with Crippen LogP contribution in [-0.4, -0.2) is 31.2 Å². The van der Waals surface area contributed by atoms with Crippen LogP contribution in [0.25, 0.3) is 16.9 Å². The highest BCUT2D eigenvalue weighted by Gasteiger charge is 2.13. The van der Waals surface area contributed by atoms with Gasteiger partial charge < -0.3 is 9.63 Å². The molecular formula is C13H10N4O3. The van der Waals surface area contributed by atoms with Crippen molar-refractivity contribution < 1.29 is 14.4 Å². The van der Waals surface area contributed by atoms with E-state index >= 15 is 0 Å². The molecule has 0 saturated carbocycles. The van der Waals surface area contributed by atoms with Crippen molar-refractivity contribution in [2.75, 3.05) is 0 Å². The van der Waals surface area contributed by atoms with Gasteiger partial charge in [-0.15, -0.1) is 0 Å². The van der Waals surface area contributed by atoms with Gasteiger partial charge in [0.15, 0.2) is 0 Å². The molecule has 2 heterocycles. The van der Waals surface area contributed by atoms with E-state index in [9.17, 15) is 4.79 Å². The molecule has 0 unspecified atom stereocenters. The molecule has 3 rings (SSSR count). The molecule has 0 spiro atoms. The predicted octanol–water partition coefficient (Wildman–Crippen LogP) is 1.93. The van der Waals surface area contributed by atoms with Gasteiger partial charge in [0.2, 0.25) is 5.76 Å². The Morgan fingerprint density at radius 2 is 2.20 bits per heavy atom. The summed E-state index contributed by atoms with van der Waals surface area (Å²) in [6, 6.07) is 8.66. The Morgan fingerprint density at radius 1 is 1.35 bits per heavy atom. The van der Waals surface area contributed by atoms with Crippen LogP contribution in [0.3, 0.4) is 0 Å². The van der Waals surface area contributed by atoms with E-state index in [1.54, 1.807) is 6.20 Å². The van der Waals surface area contributed by atoms with Crippen LogP contribution < -0.4 is 0 Å². The Bertz CT molecular complexity index is 775. The summed E-state index contributed by atoms with van der Waals surface area (Å²) in [5.41, 5.74) is 2.75. The maximum atomic E-state index is 10.8. The van der Waals surface area contributed by atoms with Gasteiger partial charge in [-0.05, 0) is 19.1 Å². The van der Waals surface area contributed by atoms with Crippen LogP contribution in [0, 0.1) is 6.92 Å². The Balaban J connectivity index is 2.00. The number of carboxylic acid groups (broad SMARTS) is 1. The van der Waals surface area contributed by atoms with Crippen LogP contribution in [0.1, 0.15) is 16.2 Å². The van der Waals surface area contributed by atoms with Crippen LogP contribution in [0.4, 0.5) is 0 Å². The van der Waals surface area contributed by atoms with Gasteiger partial charge in [0, 0.05) is 11.6 Å².